The van der Waals surface area contributed by atoms with Crippen LogP contribution in [0.5, 0.6) is 0 Å². The molecule has 1 aliphatic heterocycles. The third-order valence-electron chi connectivity index (χ3n) is 4.42. The van der Waals surface area contributed by atoms with Crippen molar-refractivity contribution in [3.8, 4) is 0 Å². The highest BCUT2D eigenvalue weighted by molar-refractivity contribution is 5.85. The second-order valence-corrected chi connectivity index (χ2v) is 6.05. The molecule has 1 aliphatic rings. The number of likely N-dealkylation sites (tertiary alicyclic amines) is 1. The Hall–Kier alpha value is -1.36. The molecule has 0 bridgehead atoms. The molecule has 1 fully saturated rings. The van der Waals surface area contributed by atoms with Gasteiger partial charge in [0.15, 0.2) is 0 Å². The van der Waals surface area contributed by atoms with Crippen molar-refractivity contribution < 1.29 is 4.42 Å². The summed E-state index contributed by atoms with van der Waals surface area (Å²) in [5, 5.41) is 1.04. The number of nitrogens with zero attached hydrogens (tertiary/aromatic N) is 1. The van der Waals surface area contributed by atoms with Gasteiger partial charge in [-0.25, -0.2) is 4.79 Å². The van der Waals surface area contributed by atoms with Crippen LogP contribution >= 0.6 is 12.4 Å². The van der Waals surface area contributed by atoms with Gasteiger partial charge in [-0.2, -0.15) is 0 Å². The minimum Gasteiger partial charge on any atom is -0.423 e. The third-order valence-corrected chi connectivity index (χ3v) is 4.42. The fourth-order valence-electron chi connectivity index (χ4n) is 3.09. The molecule has 2 aromatic rings. The Morgan fingerprint density at radius 3 is 2.68 bits per heavy atom. The molecule has 1 aromatic carbocycles. The molecule has 0 aliphatic carbocycles. The van der Waals surface area contributed by atoms with E-state index in [-0.39, 0.29) is 18.0 Å². The molecule has 22 heavy (non-hydrogen) atoms. The average Bonchev–Trinajstić information content (AvgIpc) is 2.47. The van der Waals surface area contributed by atoms with E-state index in [1.807, 2.05) is 13.0 Å². The van der Waals surface area contributed by atoms with Gasteiger partial charge in [0.25, 0.3) is 0 Å². The van der Waals surface area contributed by atoms with Crippen LogP contribution in [-0.2, 0) is 6.54 Å². The summed E-state index contributed by atoms with van der Waals surface area (Å²) in [6, 6.07) is 7.68. The second-order valence-electron chi connectivity index (χ2n) is 6.05. The van der Waals surface area contributed by atoms with Crippen LogP contribution in [0.3, 0.4) is 0 Å². The largest absolute Gasteiger partial charge is 0.423 e. The zero-order chi connectivity index (χ0) is 14.8. The highest BCUT2D eigenvalue weighted by atomic mass is 35.5. The number of fused-ring (bicyclic) bond motifs is 1. The van der Waals surface area contributed by atoms with E-state index in [1.54, 1.807) is 6.07 Å². The zero-order valence-corrected chi connectivity index (χ0v) is 13.7. The van der Waals surface area contributed by atoms with Crippen LogP contribution in [0.25, 0.3) is 11.0 Å². The van der Waals surface area contributed by atoms with Crippen molar-refractivity contribution in [2.24, 2.45) is 11.7 Å². The molecule has 4 nitrogen and oxygen atoms in total. The van der Waals surface area contributed by atoms with Crippen LogP contribution in [0.15, 0.2) is 33.5 Å². The van der Waals surface area contributed by atoms with Crippen molar-refractivity contribution in [2.45, 2.75) is 26.3 Å². The molecule has 120 valence electrons. The first-order chi connectivity index (χ1) is 10.2. The fourth-order valence-corrected chi connectivity index (χ4v) is 3.09. The number of nitrogens with two attached hydrogens (primary N) is 1. The highest BCUT2D eigenvalue weighted by Gasteiger charge is 2.19. The molecule has 2 heterocycles. The monoisotopic (exact) mass is 322 g/mol. The van der Waals surface area contributed by atoms with E-state index < -0.39 is 0 Å². The predicted molar refractivity (Wildman–Crippen MR) is 91.5 cm³/mol. The lowest BCUT2D eigenvalue weighted by molar-refractivity contribution is 0.181. The van der Waals surface area contributed by atoms with Crippen LogP contribution < -0.4 is 11.4 Å². The first kappa shape index (κ1) is 17.0. The minimum atomic E-state index is -0.264. The Morgan fingerprint density at radius 2 is 2.00 bits per heavy atom. The molecule has 0 atom stereocenters. The maximum Gasteiger partial charge on any atom is 0.336 e. The maximum atomic E-state index is 11.8. The van der Waals surface area contributed by atoms with Gasteiger partial charge in [0, 0.05) is 18.0 Å². The Bertz CT molecular complexity index is 691. The van der Waals surface area contributed by atoms with E-state index in [0.717, 1.165) is 55.5 Å². The van der Waals surface area contributed by atoms with Crippen molar-refractivity contribution in [1.29, 1.82) is 0 Å². The number of rotatable bonds is 3. The molecule has 0 unspecified atom stereocenters. The zero-order valence-electron chi connectivity index (χ0n) is 12.9. The van der Waals surface area contributed by atoms with Crippen molar-refractivity contribution in [3.63, 3.8) is 0 Å². The molecule has 1 saturated heterocycles. The second kappa shape index (κ2) is 7.27. The fraction of sp³-hybridized carbons (Fsp3) is 0.471. The minimum absolute atomic E-state index is 0. The lowest BCUT2D eigenvalue weighted by Gasteiger charge is -2.31. The van der Waals surface area contributed by atoms with E-state index in [1.165, 1.54) is 0 Å². The lowest BCUT2D eigenvalue weighted by Crippen LogP contribution is -2.35. The summed E-state index contributed by atoms with van der Waals surface area (Å²) in [5.74, 6) is 0.654. The van der Waals surface area contributed by atoms with Crippen LogP contribution in [0.4, 0.5) is 0 Å². The predicted octanol–water partition coefficient (Wildman–Crippen LogP) is 2.69. The Balaban J connectivity index is 0.00000176. The SMILES string of the molecule is Cc1ccc2c(CN3CCC(CN)CC3)cc(=O)oc2c1.Cl. The Kier molecular flexibility index (Phi) is 5.62. The van der Waals surface area contributed by atoms with Crippen LogP contribution in [0.1, 0.15) is 24.0 Å². The van der Waals surface area contributed by atoms with Crippen LogP contribution in [-0.4, -0.2) is 24.5 Å². The number of piperidine rings is 1. The van der Waals surface area contributed by atoms with Gasteiger partial charge >= 0.3 is 5.63 Å². The lowest BCUT2D eigenvalue weighted by atomic mass is 9.96. The van der Waals surface area contributed by atoms with Gasteiger partial charge in [-0.05, 0) is 62.5 Å². The Morgan fingerprint density at radius 1 is 1.27 bits per heavy atom. The first-order valence-corrected chi connectivity index (χ1v) is 7.61. The molecule has 0 saturated carbocycles. The quantitative estimate of drug-likeness (QED) is 0.883. The van der Waals surface area contributed by atoms with Crippen LogP contribution in [0.2, 0.25) is 0 Å². The third kappa shape index (κ3) is 3.69. The normalized spacial score (nSPS) is 16.6. The standard InChI is InChI=1S/C17H22N2O2.ClH/c1-12-2-3-15-14(9-17(20)21-16(15)8-12)11-19-6-4-13(10-18)5-7-19;/h2-3,8-9,13H,4-7,10-11,18H2,1H3;1H. The van der Waals surface area contributed by atoms with Crippen LogP contribution in [0, 0.1) is 12.8 Å². The summed E-state index contributed by atoms with van der Waals surface area (Å²) >= 11 is 0. The van der Waals surface area contributed by atoms with E-state index in [4.69, 9.17) is 10.2 Å². The van der Waals surface area contributed by atoms with Crippen molar-refractivity contribution >= 4 is 23.4 Å². The van der Waals surface area contributed by atoms with E-state index >= 15 is 0 Å². The molecule has 2 N–H and O–H groups in total. The van der Waals surface area contributed by atoms with Gasteiger partial charge in [-0.1, -0.05) is 12.1 Å². The van der Waals surface area contributed by atoms with Crippen molar-refractivity contribution in [2.75, 3.05) is 19.6 Å². The topological polar surface area (TPSA) is 59.5 Å². The number of benzene rings is 1. The summed E-state index contributed by atoms with van der Waals surface area (Å²) in [4.78, 5) is 14.2. The molecule has 1 aromatic heterocycles. The van der Waals surface area contributed by atoms with Crippen molar-refractivity contribution in [3.05, 3.63) is 45.8 Å². The smallest absolute Gasteiger partial charge is 0.336 e. The van der Waals surface area contributed by atoms with E-state index in [2.05, 4.69) is 17.0 Å². The maximum absolute atomic E-state index is 11.8. The first-order valence-electron chi connectivity index (χ1n) is 7.61. The Labute approximate surface area is 136 Å². The van der Waals surface area contributed by atoms with Gasteiger partial charge in [0.1, 0.15) is 5.58 Å². The van der Waals surface area contributed by atoms with Gasteiger partial charge in [-0.3, -0.25) is 4.90 Å². The molecular formula is C17H23ClN2O2. The van der Waals surface area contributed by atoms with Gasteiger partial charge < -0.3 is 10.2 Å². The number of halogens is 1. The highest BCUT2D eigenvalue weighted by Crippen LogP contribution is 2.22. The summed E-state index contributed by atoms with van der Waals surface area (Å²) in [7, 11) is 0. The van der Waals surface area contributed by atoms with Crippen molar-refractivity contribution in [1.82, 2.24) is 4.90 Å². The summed E-state index contributed by atoms with van der Waals surface area (Å²) < 4.78 is 5.32. The summed E-state index contributed by atoms with van der Waals surface area (Å²) in [6.45, 7) is 5.70. The molecule has 0 spiro atoms. The number of aryl methyl sites for hydroxylation is 1. The van der Waals surface area contributed by atoms with Gasteiger partial charge in [-0.15, -0.1) is 12.4 Å². The number of hydrogen-bond donors (Lipinski definition) is 1. The molecule has 0 radical (unpaired) electrons. The summed E-state index contributed by atoms with van der Waals surface area (Å²) in [6.07, 6.45) is 2.30. The average molecular weight is 323 g/mol. The summed E-state index contributed by atoms with van der Waals surface area (Å²) in [5.41, 5.74) is 8.33. The molecule has 5 heteroatoms. The van der Waals surface area contributed by atoms with E-state index in [0.29, 0.717) is 11.5 Å². The van der Waals surface area contributed by atoms with E-state index in [9.17, 15) is 4.79 Å². The van der Waals surface area contributed by atoms with Gasteiger partial charge in [0.2, 0.25) is 0 Å². The van der Waals surface area contributed by atoms with Gasteiger partial charge in [0.05, 0.1) is 0 Å². The molecule has 0 amide bonds. The molecular weight excluding hydrogens is 300 g/mol. The number of hydrogen-bond acceptors (Lipinski definition) is 4. The molecule has 3 rings (SSSR count).